The first-order chi connectivity index (χ1) is 13.2. The molecule has 1 aliphatic rings. The van der Waals surface area contributed by atoms with Crippen molar-refractivity contribution in [2.45, 2.75) is 26.3 Å². The average Bonchev–Trinajstić information content (AvgIpc) is 3.03. The second-order valence-electron chi connectivity index (χ2n) is 6.84. The predicted molar refractivity (Wildman–Crippen MR) is 114 cm³/mol. The van der Waals surface area contributed by atoms with Gasteiger partial charge in [0.2, 0.25) is 0 Å². The van der Waals surface area contributed by atoms with Crippen LogP contribution < -0.4 is 5.32 Å². The highest BCUT2D eigenvalue weighted by atomic mass is 127. The van der Waals surface area contributed by atoms with Crippen molar-refractivity contribution in [2.24, 2.45) is 16.8 Å². The van der Waals surface area contributed by atoms with Crippen LogP contribution in [0.4, 0.5) is 13.2 Å². The molecule has 1 aromatic carbocycles. The normalized spacial score (nSPS) is 19.7. The Bertz CT molecular complexity index is 684. The van der Waals surface area contributed by atoms with Crippen LogP contribution in [0.1, 0.15) is 18.1 Å². The predicted octanol–water partition coefficient (Wildman–Crippen LogP) is 3.20. The molecular formula is C19H27F3IN3O3. The van der Waals surface area contributed by atoms with Crippen LogP contribution in [-0.2, 0) is 27.4 Å². The Morgan fingerprint density at radius 2 is 1.86 bits per heavy atom. The molecule has 164 valence electrons. The van der Waals surface area contributed by atoms with Gasteiger partial charge in [-0.05, 0) is 17.0 Å². The minimum Gasteiger partial charge on any atom is -0.469 e. The number of hydrogen-bond acceptors (Lipinski definition) is 4. The van der Waals surface area contributed by atoms with E-state index < -0.39 is 12.8 Å². The van der Waals surface area contributed by atoms with Crippen LogP contribution in [-0.4, -0.2) is 56.9 Å². The van der Waals surface area contributed by atoms with E-state index in [0.29, 0.717) is 31.2 Å². The first kappa shape index (κ1) is 25.5. The van der Waals surface area contributed by atoms with E-state index in [1.807, 2.05) is 24.0 Å². The first-order valence-corrected chi connectivity index (χ1v) is 8.99. The van der Waals surface area contributed by atoms with Gasteiger partial charge in [0, 0.05) is 26.7 Å². The molecule has 29 heavy (non-hydrogen) atoms. The molecule has 6 nitrogen and oxygen atoms in total. The van der Waals surface area contributed by atoms with E-state index >= 15 is 0 Å². The molecule has 0 aromatic heterocycles. The molecule has 0 amide bonds. The van der Waals surface area contributed by atoms with Gasteiger partial charge >= 0.3 is 12.1 Å². The number of carbonyl (C=O) groups is 1. The Balaban J connectivity index is 0.00000420. The number of benzene rings is 1. The summed E-state index contributed by atoms with van der Waals surface area (Å²) in [5, 5.41) is 3.25. The summed E-state index contributed by atoms with van der Waals surface area (Å²) in [6, 6.07) is 7.13. The number of alkyl halides is 3. The summed E-state index contributed by atoms with van der Waals surface area (Å²) in [6.45, 7) is 2.42. The second-order valence-corrected chi connectivity index (χ2v) is 6.84. The molecule has 10 heteroatoms. The molecule has 2 unspecified atom stereocenters. The fourth-order valence-electron chi connectivity index (χ4n) is 3.15. The van der Waals surface area contributed by atoms with E-state index in [4.69, 9.17) is 4.74 Å². The summed E-state index contributed by atoms with van der Waals surface area (Å²) in [6.07, 6.45) is -4.32. The lowest BCUT2D eigenvalue weighted by molar-refractivity contribution is -0.176. The van der Waals surface area contributed by atoms with Crippen molar-refractivity contribution in [1.29, 1.82) is 0 Å². The van der Waals surface area contributed by atoms with Gasteiger partial charge in [0.15, 0.2) is 5.96 Å². The Morgan fingerprint density at radius 3 is 2.41 bits per heavy atom. The maximum atomic E-state index is 12.1. The van der Waals surface area contributed by atoms with Crippen molar-refractivity contribution < 1.29 is 27.4 Å². The van der Waals surface area contributed by atoms with Gasteiger partial charge in [-0.15, -0.1) is 24.0 Å². The van der Waals surface area contributed by atoms with Crippen LogP contribution in [0.25, 0.3) is 0 Å². The van der Waals surface area contributed by atoms with E-state index in [1.54, 1.807) is 19.2 Å². The maximum absolute atomic E-state index is 12.1. The standard InChI is InChI=1S/C19H26F3N3O3.HI/c1-13-9-25(10-16(13)17(26)27-3)18(23-2)24-8-14-4-6-15(7-5-14)11-28-12-19(20,21)22;/h4-7,13,16H,8-12H2,1-3H3,(H,23,24);1H. The number of rotatable bonds is 6. The number of nitrogens with zero attached hydrogens (tertiary/aromatic N) is 2. The zero-order valence-electron chi connectivity index (χ0n) is 16.7. The van der Waals surface area contributed by atoms with Crippen LogP contribution in [0.15, 0.2) is 29.3 Å². The van der Waals surface area contributed by atoms with Crippen LogP contribution in [0.2, 0.25) is 0 Å². The first-order valence-electron chi connectivity index (χ1n) is 8.99. The van der Waals surface area contributed by atoms with Crippen LogP contribution in [0.3, 0.4) is 0 Å². The van der Waals surface area contributed by atoms with Crippen LogP contribution >= 0.6 is 24.0 Å². The third-order valence-corrected chi connectivity index (χ3v) is 4.64. The molecule has 0 radical (unpaired) electrons. The molecule has 1 fully saturated rings. The van der Waals surface area contributed by atoms with E-state index in [2.05, 4.69) is 15.0 Å². The molecule has 1 N–H and O–H groups in total. The molecule has 1 aliphatic heterocycles. The number of methoxy groups -OCH3 is 1. The Labute approximate surface area is 185 Å². The quantitative estimate of drug-likeness (QED) is 0.266. The molecule has 1 saturated heterocycles. The fraction of sp³-hybridized carbons (Fsp3) is 0.579. The smallest absolute Gasteiger partial charge is 0.411 e. The van der Waals surface area contributed by atoms with Gasteiger partial charge < -0.3 is 19.7 Å². The molecule has 2 rings (SSSR count). The SMILES string of the molecule is CN=C(NCc1ccc(COCC(F)(F)F)cc1)N1CC(C)C(C(=O)OC)C1.I. The highest BCUT2D eigenvalue weighted by Crippen LogP contribution is 2.24. The van der Waals surface area contributed by atoms with E-state index in [1.165, 1.54) is 7.11 Å². The molecule has 1 aromatic rings. The average molecular weight is 529 g/mol. The van der Waals surface area contributed by atoms with E-state index in [9.17, 15) is 18.0 Å². The number of hydrogen-bond donors (Lipinski definition) is 1. The summed E-state index contributed by atoms with van der Waals surface area (Å²) in [5.41, 5.74) is 1.63. The van der Waals surface area contributed by atoms with E-state index in [0.717, 1.165) is 5.56 Å². The van der Waals surface area contributed by atoms with Gasteiger partial charge in [0.25, 0.3) is 0 Å². The van der Waals surface area contributed by atoms with Crippen molar-refractivity contribution >= 4 is 35.9 Å². The lowest BCUT2D eigenvalue weighted by Crippen LogP contribution is -2.40. The van der Waals surface area contributed by atoms with Gasteiger partial charge in [-0.1, -0.05) is 31.2 Å². The highest BCUT2D eigenvalue weighted by molar-refractivity contribution is 14.0. The zero-order valence-corrected chi connectivity index (χ0v) is 19.0. The number of halogens is 4. The molecule has 0 saturated carbocycles. The number of nitrogens with one attached hydrogen (secondary N) is 1. The van der Waals surface area contributed by atoms with Crippen molar-refractivity contribution in [3.05, 3.63) is 35.4 Å². The van der Waals surface area contributed by atoms with Crippen molar-refractivity contribution in [3.8, 4) is 0 Å². The van der Waals surface area contributed by atoms with Gasteiger partial charge in [0.05, 0.1) is 19.6 Å². The number of ether oxygens (including phenoxy) is 2. The number of aliphatic imine (C=N–C) groups is 1. The third kappa shape index (κ3) is 8.00. The molecule has 0 aliphatic carbocycles. The van der Waals surface area contributed by atoms with Gasteiger partial charge in [-0.2, -0.15) is 13.2 Å². The number of likely N-dealkylation sites (tertiary alicyclic amines) is 1. The minimum atomic E-state index is -4.32. The zero-order chi connectivity index (χ0) is 20.7. The molecule has 0 bridgehead atoms. The monoisotopic (exact) mass is 529 g/mol. The highest BCUT2D eigenvalue weighted by Gasteiger charge is 2.36. The number of guanidine groups is 1. The van der Waals surface area contributed by atoms with E-state index in [-0.39, 0.29) is 48.4 Å². The van der Waals surface area contributed by atoms with Crippen molar-refractivity contribution in [3.63, 3.8) is 0 Å². The Morgan fingerprint density at radius 1 is 1.24 bits per heavy atom. The molecular weight excluding hydrogens is 502 g/mol. The van der Waals surface area contributed by atoms with Gasteiger partial charge in [0.1, 0.15) is 6.61 Å². The summed E-state index contributed by atoms with van der Waals surface area (Å²) in [7, 11) is 3.07. The summed E-state index contributed by atoms with van der Waals surface area (Å²) < 4.78 is 45.8. The number of carbonyl (C=O) groups excluding carboxylic acids is 1. The Kier molecular flexibility index (Phi) is 10.2. The third-order valence-electron chi connectivity index (χ3n) is 4.64. The Hall–Kier alpha value is -1.56. The molecule has 0 spiro atoms. The lowest BCUT2D eigenvalue weighted by Gasteiger charge is -2.21. The number of esters is 1. The largest absolute Gasteiger partial charge is 0.469 e. The van der Waals surface area contributed by atoms with Gasteiger partial charge in [-0.3, -0.25) is 9.79 Å². The summed E-state index contributed by atoms with van der Waals surface area (Å²) >= 11 is 0. The van der Waals surface area contributed by atoms with Crippen molar-refractivity contribution in [1.82, 2.24) is 10.2 Å². The topological polar surface area (TPSA) is 63.2 Å². The minimum absolute atomic E-state index is 0. The maximum Gasteiger partial charge on any atom is 0.411 e. The molecule has 2 atom stereocenters. The van der Waals surface area contributed by atoms with Crippen molar-refractivity contribution in [2.75, 3.05) is 33.9 Å². The lowest BCUT2D eigenvalue weighted by atomic mass is 9.99. The van der Waals surface area contributed by atoms with Gasteiger partial charge in [-0.25, -0.2) is 0 Å². The summed E-state index contributed by atoms with van der Waals surface area (Å²) in [5.74, 6) is 0.464. The van der Waals surface area contributed by atoms with Crippen LogP contribution in [0, 0.1) is 11.8 Å². The van der Waals surface area contributed by atoms with Crippen LogP contribution in [0.5, 0.6) is 0 Å². The fourth-order valence-corrected chi connectivity index (χ4v) is 3.15. The summed E-state index contributed by atoms with van der Waals surface area (Å²) in [4.78, 5) is 18.1. The molecule has 1 heterocycles. The second kappa shape index (κ2) is 11.6.